The van der Waals surface area contributed by atoms with Gasteiger partial charge in [-0.15, -0.1) is 0 Å². The molecule has 5 aromatic rings. The second-order valence-electron chi connectivity index (χ2n) is 6.89. The van der Waals surface area contributed by atoms with Crippen LogP contribution in [0, 0.1) is 0 Å². The lowest BCUT2D eigenvalue weighted by Crippen LogP contribution is -1.99. The minimum Gasteiger partial charge on any atom is -0.508 e. The minimum absolute atomic E-state index is 0.291. The Bertz CT molecular complexity index is 1250. The quantitative estimate of drug-likeness (QED) is 0.381. The number of benzene rings is 4. The maximum Gasteiger partial charge on any atom is 0.116 e. The first-order valence-corrected chi connectivity index (χ1v) is 9.35. The molecule has 0 fully saturated rings. The maximum atomic E-state index is 9.73. The molecular formula is C26H19NO. The number of phenolic OH excluding ortho intramolecular Hbond substituents is 1. The van der Waals surface area contributed by atoms with E-state index in [1.54, 1.807) is 12.1 Å². The molecule has 2 heteroatoms. The highest BCUT2D eigenvalue weighted by Crippen LogP contribution is 2.34. The smallest absolute Gasteiger partial charge is 0.116 e. The van der Waals surface area contributed by atoms with Gasteiger partial charge in [-0.1, -0.05) is 66.7 Å². The van der Waals surface area contributed by atoms with E-state index < -0.39 is 0 Å². The Hall–Kier alpha value is -3.78. The van der Waals surface area contributed by atoms with Gasteiger partial charge in [0.2, 0.25) is 0 Å². The fourth-order valence-corrected chi connectivity index (χ4v) is 3.74. The lowest BCUT2D eigenvalue weighted by molar-refractivity contribution is 0.476. The van der Waals surface area contributed by atoms with Crippen LogP contribution in [0.5, 0.6) is 5.75 Å². The first-order chi connectivity index (χ1) is 13.8. The highest BCUT2D eigenvalue weighted by atomic mass is 16.3. The molecule has 0 atom stereocenters. The van der Waals surface area contributed by atoms with Crippen molar-refractivity contribution in [1.29, 1.82) is 0 Å². The number of para-hydroxylation sites is 1. The number of aromatic nitrogens is 1. The zero-order valence-corrected chi connectivity index (χ0v) is 15.3. The zero-order chi connectivity index (χ0) is 18.9. The van der Waals surface area contributed by atoms with E-state index in [9.17, 15) is 5.11 Å². The van der Waals surface area contributed by atoms with Crippen molar-refractivity contribution in [2.75, 3.05) is 0 Å². The largest absolute Gasteiger partial charge is 0.508 e. The molecular weight excluding hydrogens is 342 g/mol. The van der Waals surface area contributed by atoms with Crippen LogP contribution < -0.4 is 0 Å². The Morgan fingerprint density at radius 1 is 0.500 bits per heavy atom. The summed E-state index contributed by atoms with van der Waals surface area (Å²) in [6.07, 6.45) is 0. The molecule has 0 unspecified atom stereocenters. The maximum absolute atomic E-state index is 9.73. The topological polar surface area (TPSA) is 25.2 Å². The molecule has 134 valence electrons. The van der Waals surface area contributed by atoms with Crippen molar-refractivity contribution < 1.29 is 5.11 Å². The van der Waals surface area contributed by atoms with E-state index >= 15 is 0 Å². The lowest BCUT2D eigenvalue weighted by Gasteiger charge is -2.15. The molecule has 0 aliphatic heterocycles. The van der Waals surface area contributed by atoms with Gasteiger partial charge in [-0.3, -0.25) is 0 Å². The van der Waals surface area contributed by atoms with Crippen LogP contribution in [0.3, 0.4) is 0 Å². The molecule has 5 rings (SSSR count). The van der Waals surface area contributed by atoms with Gasteiger partial charge in [0.15, 0.2) is 0 Å². The van der Waals surface area contributed by atoms with E-state index in [2.05, 4.69) is 83.4 Å². The summed E-state index contributed by atoms with van der Waals surface area (Å²) in [4.78, 5) is 0. The molecule has 0 aliphatic carbocycles. The van der Waals surface area contributed by atoms with Gasteiger partial charge in [0.05, 0.1) is 11.4 Å². The summed E-state index contributed by atoms with van der Waals surface area (Å²) in [5.74, 6) is 0.291. The number of nitrogens with zero attached hydrogens (tertiary/aromatic N) is 1. The van der Waals surface area contributed by atoms with Crippen LogP contribution in [0.4, 0.5) is 0 Å². The molecule has 0 spiro atoms. The first-order valence-electron chi connectivity index (χ1n) is 9.35. The van der Waals surface area contributed by atoms with Gasteiger partial charge in [0.1, 0.15) is 5.75 Å². The van der Waals surface area contributed by atoms with Gasteiger partial charge in [-0.2, -0.15) is 0 Å². The summed E-state index contributed by atoms with van der Waals surface area (Å²) in [5, 5.41) is 11.9. The molecule has 0 radical (unpaired) electrons. The summed E-state index contributed by atoms with van der Waals surface area (Å²) in [6.45, 7) is 0. The first kappa shape index (κ1) is 16.4. The van der Waals surface area contributed by atoms with Crippen molar-refractivity contribution in [3.05, 3.63) is 109 Å². The van der Waals surface area contributed by atoms with Crippen LogP contribution in [0.25, 0.3) is 39.0 Å². The van der Waals surface area contributed by atoms with Gasteiger partial charge < -0.3 is 9.67 Å². The monoisotopic (exact) mass is 361 g/mol. The molecule has 0 aliphatic rings. The standard InChI is InChI=1S/C26H19NO/c28-24-14-13-20-17-22(12-11-21(20)18-24)26-16-15-25(19-7-3-1-4-8-19)27(26)23-9-5-2-6-10-23/h1-18,28H. The normalized spacial score (nSPS) is 11.0. The third kappa shape index (κ3) is 2.85. The van der Waals surface area contributed by atoms with Gasteiger partial charge >= 0.3 is 0 Å². The summed E-state index contributed by atoms with van der Waals surface area (Å²) < 4.78 is 2.30. The van der Waals surface area contributed by atoms with Crippen LogP contribution in [0.15, 0.2) is 109 Å². The van der Waals surface area contributed by atoms with Crippen molar-refractivity contribution >= 4 is 10.8 Å². The number of hydrogen-bond donors (Lipinski definition) is 1. The number of phenols is 1. The summed E-state index contributed by atoms with van der Waals surface area (Å²) >= 11 is 0. The molecule has 28 heavy (non-hydrogen) atoms. The van der Waals surface area contributed by atoms with E-state index in [4.69, 9.17) is 0 Å². The fourth-order valence-electron chi connectivity index (χ4n) is 3.74. The van der Waals surface area contributed by atoms with E-state index in [1.165, 1.54) is 5.56 Å². The Labute approximate surface area is 163 Å². The third-order valence-electron chi connectivity index (χ3n) is 5.08. The predicted molar refractivity (Wildman–Crippen MR) is 116 cm³/mol. The second-order valence-corrected chi connectivity index (χ2v) is 6.89. The second kappa shape index (κ2) is 6.75. The van der Waals surface area contributed by atoms with E-state index in [1.807, 2.05) is 18.2 Å². The molecule has 0 saturated heterocycles. The Balaban J connectivity index is 1.74. The number of rotatable bonds is 3. The SMILES string of the molecule is Oc1ccc2cc(-c3ccc(-c4ccccc4)n3-c3ccccc3)ccc2c1. The molecule has 0 saturated carbocycles. The van der Waals surface area contributed by atoms with Crippen LogP contribution in [-0.2, 0) is 0 Å². The molecule has 4 aromatic carbocycles. The van der Waals surface area contributed by atoms with Crippen LogP contribution in [0.1, 0.15) is 0 Å². The van der Waals surface area contributed by atoms with Crippen molar-refractivity contribution in [3.63, 3.8) is 0 Å². The zero-order valence-electron chi connectivity index (χ0n) is 15.3. The minimum atomic E-state index is 0.291. The molecule has 0 amide bonds. The summed E-state index contributed by atoms with van der Waals surface area (Å²) in [6, 6.07) is 37.1. The summed E-state index contributed by atoms with van der Waals surface area (Å²) in [5.41, 5.74) is 5.76. The molecule has 1 N–H and O–H groups in total. The molecule has 2 nitrogen and oxygen atoms in total. The fraction of sp³-hybridized carbons (Fsp3) is 0. The van der Waals surface area contributed by atoms with E-state index in [-0.39, 0.29) is 0 Å². The van der Waals surface area contributed by atoms with E-state index in [0.29, 0.717) is 5.75 Å². The number of aromatic hydroxyl groups is 1. The highest BCUT2D eigenvalue weighted by molar-refractivity contribution is 5.88. The third-order valence-corrected chi connectivity index (χ3v) is 5.08. The van der Waals surface area contributed by atoms with Crippen LogP contribution in [-0.4, -0.2) is 9.67 Å². The highest BCUT2D eigenvalue weighted by Gasteiger charge is 2.13. The Kier molecular flexibility index (Phi) is 3.95. The van der Waals surface area contributed by atoms with Gasteiger partial charge in [-0.25, -0.2) is 0 Å². The Morgan fingerprint density at radius 2 is 1.11 bits per heavy atom. The molecule has 1 aromatic heterocycles. The number of hydrogen-bond acceptors (Lipinski definition) is 1. The van der Waals surface area contributed by atoms with Crippen LogP contribution in [0.2, 0.25) is 0 Å². The van der Waals surface area contributed by atoms with E-state index in [0.717, 1.165) is 33.4 Å². The Morgan fingerprint density at radius 3 is 1.86 bits per heavy atom. The van der Waals surface area contributed by atoms with Gasteiger partial charge in [0, 0.05) is 5.69 Å². The number of fused-ring (bicyclic) bond motifs is 1. The van der Waals surface area contributed by atoms with Crippen LogP contribution >= 0.6 is 0 Å². The van der Waals surface area contributed by atoms with Crippen molar-refractivity contribution in [1.82, 2.24) is 4.57 Å². The summed E-state index contributed by atoms with van der Waals surface area (Å²) in [7, 11) is 0. The molecule has 0 bridgehead atoms. The van der Waals surface area contributed by atoms with Crippen molar-refractivity contribution in [2.24, 2.45) is 0 Å². The molecule has 1 heterocycles. The average Bonchev–Trinajstić information content (AvgIpc) is 3.20. The van der Waals surface area contributed by atoms with Gasteiger partial charge in [0.25, 0.3) is 0 Å². The van der Waals surface area contributed by atoms with Crippen molar-refractivity contribution in [2.45, 2.75) is 0 Å². The van der Waals surface area contributed by atoms with Gasteiger partial charge in [-0.05, 0) is 64.4 Å². The predicted octanol–water partition coefficient (Wildman–Crippen LogP) is 6.67. The average molecular weight is 361 g/mol. The lowest BCUT2D eigenvalue weighted by atomic mass is 10.0. The van der Waals surface area contributed by atoms with Crippen molar-refractivity contribution in [3.8, 4) is 34.0 Å².